The molecule has 10 heteroatoms. The number of Topliss-reactive ketones (excluding diaryl/α,β-unsaturated/α-hetero) is 2. The summed E-state index contributed by atoms with van der Waals surface area (Å²) >= 11 is 0. The van der Waals surface area contributed by atoms with Gasteiger partial charge in [-0.05, 0) is 42.3 Å². The summed E-state index contributed by atoms with van der Waals surface area (Å²) in [6.07, 6.45) is -0.278. The Kier molecular flexibility index (Phi) is 9.95. The number of esters is 3. The van der Waals surface area contributed by atoms with Crippen molar-refractivity contribution in [1.82, 2.24) is 0 Å². The summed E-state index contributed by atoms with van der Waals surface area (Å²) in [4.78, 5) is 57.8. The Morgan fingerprint density at radius 1 is 0.833 bits per heavy atom. The minimum absolute atomic E-state index is 0.124. The first kappa shape index (κ1) is 28.3. The zero-order valence-corrected chi connectivity index (χ0v) is 20.0. The highest BCUT2D eigenvalue weighted by Crippen LogP contribution is 2.24. The van der Waals surface area contributed by atoms with E-state index in [2.05, 4.69) is 4.74 Å². The van der Waals surface area contributed by atoms with E-state index in [1.807, 2.05) is 0 Å². The lowest BCUT2D eigenvalue weighted by molar-refractivity contribution is -0.238. The van der Waals surface area contributed by atoms with Gasteiger partial charge in [-0.25, -0.2) is 8.78 Å². The van der Waals surface area contributed by atoms with Gasteiger partial charge in [0.2, 0.25) is 5.92 Å². The van der Waals surface area contributed by atoms with E-state index >= 15 is 0 Å². The Morgan fingerprint density at radius 3 is 1.72 bits per heavy atom. The van der Waals surface area contributed by atoms with Crippen LogP contribution in [0.15, 0.2) is 48.5 Å². The average molecular weight is 504 g/mol. The van der Waals surface area contributed by atoms with Crippen molar-refractivity contribution in [3.8, 4) is 0 Å². The molecule has 0 bridgehead atoms. The van der Waals surface area contributed by atoms with Crippen molar-refractivity contribution < 1.29 is 47.0 Å². The second-order valence-corrected chi connectivity index (χ2v) is 8.27. The number of rotatable bonds is 8. The Labute approximate surface area is 206 Å². The van der Waals surface area contributed by atoms with E-state index in [0.717, 1.165) is 0 Å². The van der Waals surface area contributed by atoms with Gasteiger partial charge in [0.25, 0.3) is 5.79 Å². The van der Waals surface area contributed by atoms with Crippen LogP contribution in [-0.2, 0) is 51.0 Å². The van der Waals surface area contributed by atoms with Crippen molar-refractivity contribution in [3.63, 3.8) is 0 Å². The SMILES string of the molecule is CC1(C)OC(=O)C(C(=O)Cc2ccc(F)cc2)C(=O)O1.CCOC(=O)CC(=O)Cc1ccc(F)cc1. The molecule has 3 rings (SSSR count). The molecule has 0 aromatic heterocycles. The third kappa shape index (κ3) is 9.01. The van der Waals surface area contributed by atoms with Crippen LogP contribution in [0.2, 0.25) is 0 Å². The molecule has 36 heavy (non-hydrogen) atoms. The molecule has 2 aromatic rings. The number of ether oxygens (including phenoxy) is 3. The fourth-order valence-corrected chi connectivity index (χ4v) is 3.15. The molecule has 0 amide bonds. The fraction of sp³-hybridized carbons (Fsp3) is 0.346. The maximum Gasteiger partial charge on any atom is 0.331 e. The van der Waals surface area contributed by atoms with Gasteiger partial charge in [-0.1, -0.05) is 24.3 Å². The first-order chi connectivity index (χ1) is 16.9. The lowest BCUT2D eigenvalue weighted by Crippen LogP contribution is -2.49. The molecule has 0 N–H and O–H groups in total. The van der Waals surface area contributed by atoms with Crippen LogP contribution >= 0.6 is 0 Å². The molecule has 192 valence electrons. The molecular formula is C26H26F2O8. The molecule has 1 heterocycles. The molecule has 2 aromatic carbocycles. The molecule has 0 saturated carbocycles. The van der Waals surface area contributed by atoms with Gasteiger partial charge in [0.05, 0.1) is 6.61 Å². The van der Waals surface area contributed by atoms with E-state index in [0.29, 0.717) is 11.1 Å². The van der Waals surface area contributed by atoms with Crippen LogP contribution in [0.4, 0.5) is 8.78 Å². The summed E-state index contributed by atoms with van der Waals surface area (Å²) in [5.74, 6) is -6.94. The van der Waals surface area contributed by atoms with Crippen LogP contribution in [0.25, 0.3) is 0 Å². The highest BCUT2D eigenvalue weighted by atomic mass is 19.1. The predicted molar refractivity (Wildman–Crippen MR) is 121 cm³/mol. The number of carbonyl (C=O) groups is 5. The van der Waals surface area contributed by atoms with E-state index in [1.165, 1.54) is 62.4 Å². The van der Waals surface area contributed by atoms with Crippen molar-refractivity contribution in [2.24, 2.45) is 5.92 Å². The number of benzene rings is 2. The Hall–Kier alpha value is -3.95. The zero-order chi connectivity index (χ0) is 26.9. The second-order valence-electron chi connectivity index (χ2n) is 8.27. The molecule has 0 spiro atoms. The van der Waals surface area contributed by atoms with E-state index in [9.17, 15) is 32.8 Å². The van der Waals surface area contributed by atoms with Crippen LogP contribution in [0, 0.1) is 17.6 Å². The van der Waals surface area contributed by atoms with Gasteiger partial charge in [-0.15, -0.1) is 0 Å². The summed E-state index contributed by atoms with van der Waals surface area (Å²) < 4.78 is 39.7. The van der Waals surface area contributed by atoms with Gasteiger partial charge in [-0.2, -0.15) is 0 Å². The Morgan fingerprint density at radius 2 is 1.28 bits per heavy atom. The second kappa shape index (κ2) is 12.7. The van der Waals surface area contributed by atoms with Gasteiger partial charge in [-0.3, -0.25) is 24.0 Å². The molecule has 0 unspecified atom stereocenters. The smallest absolute Gasteiger partial charge is 0.331 e. The van der Waals surface area contributed by atoms with E-state index in [4.69, 9.17) is 9.47 Å². The maximum absolute atomic E-state index is 12.8. The Bertz CT molecular complexity index is 1090. The standard InChI is InChI=1S/C14H13FO5.C12H13FO3/c1-14(2)19-12(17)11(13(18)20-14)10(16)7-8-3-5-9(15)6-4-8;1-2-16-12(15)8-11(14)7-9-3-5-10(13)6-4-9/h3-6,11H,7H2,1-2H3;3-6H,2,7-8H2,1H3. The third-order valence-corrected chi connectivity index (χ3v) is 4.74. The summed E-state index contributed by atoms with van der Waals surface area (Å²) in [5, 5.41) is 0. The number of halogens is 2. The summed E-state index contributed by atoms with van der Waals surface area (Å²) in [6, 6.07) is 10.8. The highest BCUT2D eigenvalue weighted by Gasteiger charge is 2.46. The summed E-state index contributed by atoms with van der Waals surface area (Å²) in [7, 11) is 0. The molecule has 1 aliphatic rings. The van der Waals surface area contributed by atoms with Crippen LogP contribution in [0.1, 0.15) is 38.3 Å². The van der Waals surface area contributed by atoms with Gasteiger partial charge in [0.1, 0.15) is 23.8 Å². The molecule has 0 aliphatic carbocycles. The zero-order valence-electron chi connectivity index (χ0n) is 20.0. The first-order valence-electron chi connectivity index (χ1n) is 11.0. The molecule has 1 saturated heterocycles. The molecule has 0 atom stereocenters. The van der Waals surface area contributed by atoms with E-state index < -0.39 is 41.2 Å². The van der Waals surface area contributed by atoms with Crippen molar-refractivity contribution in [2.45, 2.75) is 45.8 Å². The number of ketones is 2. The van der Waals surface area contributed by atoms with Crippen molar-refractivity contribution in [2.75, 3.05) is 6.61 Å². The minimum Gasteiger partial charge on any atom is -0.466 e. The molecule has 1 aliphatic heterocycles. The topological polar surface area (TPSA) is 113 Å². The van der Waals surface area contributed by atoms with Crippen LogP contribution in [0.3, 0.4) is 0 Å². The molecule has 1 fully saturated rings. The van der Waals surface area contributed by atoms with Crippen molar-refractivity contribution in [3.05, 3.63) is 71.3 Å². The van der Waals surface area contributed by atoms with Gasteiger partial charge >= 0.3 is 17.9 Å². The average Bonchev–Trinajstić information content (AvgIpc) is 2.76. The summed E-state index contributed by atoms with van der Waals surface area (Å²) in [5.41, 5.74) is 1.19. The lowest BCUT2D eigenvalue weighted by Gasteiger charge is -2.32. The van der Waals surface area contributed by atoms with Crippen LogP contribution in [-0.4, -0.2) is 41.9 Å². The predicted octanol–water partition coefficient (Wildman–Crippen LogP) is 3.28. The van der Waals surface area contributed by atoms with Crippen LogP contribution in [0.5, 0.6) is 0 Å². The minimum atomic E-state index is -1.58. The van der Waals surface area contributed by atoms with Crippen molar-refractivity contribution in [1.29, 1.82) is 0 Å². The Balaban J connectivity index is 0.000000261. The normalized spacial score (nSPS) is 14.6. The quantitative estimate of drug-likeness (QED) is 0.398. The first-order valence-corrected chi connectivity index (χ1v) is 11.0. The van der Waals surface area contributed by atoms with Gasteiger partial charge in [0.15, 0.2) is 5.78 Å². The molecule has 8 nitrogen and oxygen atoms in total. The molecular weight excluding hydrogens is 478 g/mol. The van der Waals surface area contributed by atoms with Gasteiger partial charge < -0.3 is 14.2 Å². The van der Waals surface area contributed by atoms with E-state index in [1.54, 1.807) is 6.92 Å². The van der Waals surface area contributed by atoms with Gasteiger partial charge in [0, 0.05) is 26.7 Å². The molecule has 0 radical (unpaired) electrons. The van der Waals surface area contributed by atoms with Crippen LogP contribution < -0.4 is 0 Å². The lowest BCUT2D eigenvalue weighted by atomic mass is 9.97. The number of cyclic esters (lactones) is 2. The largest absolute Gasteiger partial charge is 0.466 e. The number of carbonyl (C=O) groups excluding carboxylic acids is 5. The van der Waals surface area contributed by atoms with Crippen molar-refractivity contribution >= 4 is 29.5 Å². The fourth-order valence-electron chi connectivity index (χ4n) is 3.15. The van der Waals surface area contributed by atoms with E-state index in [-0.39, 0.29) is 37.5 Å². The number of hydrogen-bond donors (Lipinski definition) is 0. The third-order valence-electron chi connectivity index (χ3n) is 4.74. The maximum atomic E-state index is 12.8. The highest BCUT2D eigenvalue weighted by molar-refractivity contribution is 6.16. The monoisotopic (exact) mass is 504 g/mol. The summed E-state index contributed by atoms with van der Waals surface area (Å²) in [6.45, 7) is 4.76. The number of hydrogen-bond acceptors (Lipinski definition) is 8.